The van der Waals surface area contributed by atoms with Gasteiger partial charge in [-0.25, -0.2) is 0 Å². The molecule has 0 radical (unpaired) electrons. The van der Waals surface area contributed by atoms with Crippen LogP contribution in [0, 0.1) is 0 Å². The highest BCUT2D eigenvalue weighted by atomic mass is 15.3. The van der Waals surface area contributed by atoms with Crippen LogP contribution in [-0.4, -0.2) is 60.1 Å². The van der Waals surface area contributed by atoms with Crippen LogP contribution in [0.4, 0.5) is 0 Å². The van der Waals surface area contributed by atoms with E-state index < -0.39 is 0 Å². The molecule has 2 aliphatic heterocycles. The van der Waals surface area contributed by atoms with E-state index in [1.54, 1.807) is 0 Å². The molecule has 0 aromatic rings. The topological polar surface area (TPSA) is 18.5 Å². The van der Waals surface area contributed by atoms with E-state index in [2.05, 4.69) is 42.8 Å². The van der Waals surface area contributed by atoms with E-state index in [0.717, 1.165) is 6.04 Å². The number of piperidine rings is 1. The normalized spacial score (nSPS) is 32.3. The smallest absolute Gasteiger partial charge is 0.0225 e. The van der Waals surface area contributed by atoms with Crippen LogP contribution in [0.1, 0.15) is 47.0 Å². The van der Waals surface area contributed by atoms with Gasteiger partial charge in [0, 0.05) is 50.3 Å². The molecule has 106 valence electrons. The fraction of sp³-hybridized carbons (Fsp3) is 1.00. The summed E-state index contributed by atoms with van der Waals surface area (Å²) in [6, 6.07) is 1.50. The molecule has 2 fully saturated rings. The molecule has 18 heavy (non-hydrogen) atoms. The van der Waals surface area contributed by atoms with Crippen molar-refractivity contribution in [2.75, 3.05) is 32.7 Å². The van der Waals surface area contributed by atoms with Crippen LogP contribution >= 0.6 is 0 Å². The van der Waals surface area contributed by atoms with Crippen molar-refractivity contribution in [2.24, 2.45) is 0 Å². The molecule has 2 unspecified atom stereocenters. The van der Waals surface area contributed by atoms with Gasteiger partial charge in [0.15, 0.2) is 0 Å². The number of hydrogen-bond donors (Lipinski definition) is 1. The molecular weight excluding hydrogens is 222 g/mol. The van der Waals surface area contributed by atoms with Gasteiger partial charge in [-0.2, -0.15) is 0 Å². The number of nitrogens with zero attached hydrogens (tertiary/aromatic N) is 2. The van der Waals surface area contributed by atoms with Gasteiger partial charge >= 0.3 is 0 Å². The Morgan fingerprint density at radius 2 is 1.94 bits per heavy atom. The molecule has 0 saturated carbocycles. The summed E-state index contributed by atoms with van der Waals surface area (Å²) in [6.07, 6.45) is 3.98. The van der Waals surface area contributed by atoms with Gasteiger partial charge in [-0.15, -0.1) is 0 Å². The van der Waals surface area contributed by atoms with Gasteiger partial charge in [0.05, 0.1) is 0 Å². The molecule has 0 amide bonds. The fourth-order valence-electron chi connectivity index (χ4n) is 3.57. The molecule has 2 rings (SSSR count). The minimum absolute atomic E-state index is 0.389. The monoisotopic (exact) mass is 253 g/mol. The number of hydrogen-bond acceptors (Lipinski definition) is 3. The van der Waals surface area contributed by atoms with Gasteiger partial charge in [0.1, 0.15) is 0 Å². The summed E-state index contributed by atoms with van der Waals surface area (Å²) < 4.78 is 0. The molecular formula is C15H31N3. The third kappa shape index (κ3) is 3.06. The lowest BCUT2D eigenvalue weighted by Crippen LogP contribution is -2.61. The predicted molar refractivity (Wildman–Crippen MR) is 78.0 cm³/mol. The lowest BCUT2D eigenvalue weighted by molar-refractivity contribution is -0.0129. The lowest BCUT2D eigenvalue weighted by Gasteiger charge is -2.51. The predicted octanol–water partition coefficient (Wildman–Crippen LogP) is 1.93. The largest absolute Gasteiger partial charge is 0.314 e. The van der Waals surface area contributed by atoms with Gasteiger partial charge in [-0.3, -0.25) is 9.80 Å². The zero-order valence-corrected chi connectivity index (χ0v) is 12.7. The zero-order chi connectivity index (χ0) is 13.2. The summed E-state index contributed by atoms with van der Waals surface area (Å²) in [5, 5.41) is 3.46. The first-order valence-corrected chi connectivity index (χ1v) is 7.76. The van der Waals surface area contributed by atoms with Crippen molar-refractivity contribution >= 4 is 0 Å². The van der Waals surface area contributed by atoms with Gasteiger partial charge < -0.3 is 5.32 Å². The third-order valence-corrected chi connectivity index (χ3v) is 5.07. The molecule has 2 saturated heterocycles. The molecule has 3 nitrogen and oxygen atoms in total. The zero-order valence-electron chi connectivity index (χ0n) is 12.7. The Hall–Kier alpha value is -0.120. The Labute approximate surface area is 113 Å². The van der Waals surface area contributed by atoms with Crippen molar-refractivity contribution < 1.29 is 0 Å². The van der Waals surface area contributed by atoms with E-state index in [-0.39, 0.29) is 0 Å². The van der Waals surface area contributed by atoms with E-state index in [4.69, 9.17) is 0 Å². The van der Waals surface area contributed by atoms with E-state index >= 15 is 0 Å². The summed E-state index contributed by atoms with van der Waals surface area (Å²) >= 11 is 0. The van der Waals surface area contributed by atoms with E-state index in [9.17, 15) is 0 Å². The average Bonchev–Trinajstić information content (AvgIpc) is 2.38. The maximum absolute atomic E-state index is 3.46. The van der Waals surface area contributed by atoms with Crippen molar-refractivity contribution in [3.05, 3.63) is 0 Å². The molecule has 2 heterocycles. The summed E-state index contributed by atoms with van der Waals surface area (Å²) in [5.41, 5.74) is 0.389. The highest BCUT2D eigenvalue weighted by Crippen LogP contribution is 2.32. The highest BCUT2D eigenvalue weighted by Gasteiger charge is 2.38. The minimum atomic E-state index is 0.389. The average molecular weight is 253 g/mol. The van der Waals surface area contributed by atoms with Gasteiger partial charge in [-0.1, -0.05) is 6.92 Å². The SMILES string of the molecule is CCC(C)N1CC(N2CCNCC2)CCC1(C)C. The standard InChI is InChI=1S/C15H31N3/c1-5-13(2)18-12-14(6-7-15(18,3)4)17-10-8-16-9-11-17/h13-14,16H,5-12H2,1-4H3. The molecule has 0 spiro atoms. The van der Waals surface area contributed by atoms with Gasteiger partial charge in [-0.05, 0) is 40.0 Å². The Kier molecular flexibility index (Phi) is 4.68. The molecule has 3 heteroatoms. The van der Waals surface area contributed by atoms with Crippen LogP contribution in [0.2, 0.25) is 0 Å². The molecule has 0 aliphatic carbocycles. The minimum Gasteiger partial charge on any atom is -0.314 e. The molecule has 1 N–H and O–H groups in total. The number of nitrogens with one attached hydrogen (secondary N) is 1. The van der Waals surface area contributed by atoms with Crippen molar-refractivity contribution in [1.82, 2.24) is 15.1 Å². The maximum Gasteiger partial charge on any atom is 0.0225 e. The van der Waals surface area contributed by atoms with E-state index in [1.165, 1.54) is 52.0 Å². The lowest BCUT2D eigenvalue weighted by atomic mass is 9.85. The second kappa shape index (κ2) is 5.89. The first-order valence-electron chi connectivity index (χ1n) is 7.76. The Morgan fingerprint density at radius 3 is 2.56 bits per heavy atom. The van der Waals surface area contributed by atoms with Crippen molar-refractivity contribution in [3.63, 3.8) is 0 Å². The van der Waals surface area contributed by atoms with Crippen molar-refractivity contribution in [2.45, 2.75) is 64.6 Å². The summed E-state index contributed by atoms with van der Waals surface area (Å²) in [4.78, 5) is 5.46. The first kappa shape index (κ1) is 14.3. The van der Waals surface area contributed by atoms with Crippen LogP contribution in [0.5, 0.6) is 0 Å². The van der Waals surface area contributed by atoms with Crippen LogP contribution in [-0.2, 0) is 0 Å². The number of rotatable bonds is 3. The van der Waals surface area contributed by atoms with Gasteiger partial charge in [0.25, 0.3) is 0 Å². The van der Waals surface area contributed by atoms with Crippen LogP contribution in [0.3, 0.4) is 0 Å². The fourth-order valence-corrected chi connectivity index (χ4v) is 3.57. The summed E-state index contributed by atoms with van der Waals surface area (Å²) in [5.74, 6) is 0. The maximum atomic E-state index is 3.46. The molecule has 2 aliphatic rings. The van der Waals surface area contributed by atoms with E-state index in [0.29, 0.717) is 11.6 Å². The highest BCUT2D eigenvalue weighted by molar-refractivity contribution is 4.95. The van der Waals surface area contributed by atoms with Crippen molar-refractivity contribution in [3.8, 4) is 0 Å². The van der Waals surface area contributed by atoms with Crippen LogP contribution in [0.25, 0.3) is 0 Å². The van der Waals surface area contributed by atoms with Crippen LogP contribution in [0.15, 0.2) is 0 Å². The molecule has 2 atom stereocenters. The Balaban J connectivity index is 1.99. The Bertz CT molecular complexity index is 258. The molecule has 0 aromatic heterocycles. The number of likely N-dealkylation sites (tertiary alicyclic amines) is 1. The summed E-state index contributed by atoms with van der Waals surface area (Å²) in [7, 11) is 0. The first-order chi connectivity index (χ1) is 8.54. The molecule has 0 bridgehead atoms. The Morgan fingerprint density at radius 1 is 1.28 bits per heavy atom. The summed E-state index contributed by atoms with van der Waals surface area (Å²) in [6.45, 7) is 15.6. The molecule has 0 aromatic carbocycles. The van der Waals surface area contributed by atoms with Crippen molar-refractivity contribution in [1.29, 1.82) is 0 Å². The second-order valence-electron chi connectivity index (χ2n) is 6.70. The second-order valence-corrected chi connectivity index (χ2v) is 6.70. The van der Waals surface area contributed by atoms with Gasteiger partial charge in [0.2, 0.25) is 0 Å². The third-order valence-electron chi connectivity index (χ3n) is 5.07. The number of piperazine rings is 1. The van der Waals surface area contributed by atoms with Crippen LogP contribution < -0.4 is 5.32 Å². The van der Waals surface area contributed by atoms with E-state index in [1.807, 2.05) is 0 Å². The quantitative estimate of drug-likeness (QED) is 0.829.